The van der Waals surface area contributed by atoms with Gasteiger partial charge in [-0.25, -0.2) is 27.1 Å². The molecule has 0 aromatic heterocycles. The Hall–Kier alpha value is -4.18. The van der Waals surface area contributed by atoms with E-state index < -0.39 is 20.0 Å². The van der Waals surface area contributed by atoms with Gasteiger partial charge in [0, 0.05) is 25.2 Å². The molecule has 0 aliphatic carbocycles. The van der Waals surface area contributed by atoms with Gasteiger partial charge < -0.3 is 29.6 Å². The van der Waals surface area contributed by atoms with E-state index in [0.717, 1.165) is 17.5 Å². The number of sulfonamides is 2. The van der Waals surface area contributed by atoms with Gasteiger partial charge in [0.2, 0.25) is 20.0 Å². The molecule has 290 valence electrons. The number of hydrogen-bond donors (Lipinski definition) is 4. The van der Waals surface area contributed by atoms with Crippen LogP contribution >= 0.6 is 0 Å². The molecule has 0 radical (unpaired) electrons. The Kier molecular flexibility index (Phi) is 17.0. The Bertz CT molecular complexity index is 1970. The zero-order valence-corrected chi connectivity index (χ0v) is 33.1. The number of hydrogen-bond acceptors (Lipinski definition) is 10. The summed E-state index contributed by atoms with van der Waals surface area (Å²) >= 11 is 0. The number of nitrogens with two attached hydrogens (primary N) is 2. The van der Waals surface area contributed by atoms with Crippen molar-refractivity contribution in [1.29, 1.82) is 0 Å². The SMILES string of the molecule is CCC(Cc1ccc(C)c(S(N)(=O)=O)c1)NCCOc1ccccc1OC.COc1ccccc1OCCNC(C)Cc1ccc(C)c(S(N)(=O)=O)c1. The molecule has 0 spiro atoms. The normalized spacial score (nSPS) is 12.6. The Labute approximate surface area is 315 Å². The molecule has 53 heavy (non-hydrogen) atoms. The summed E-state index contributed by atoms with van der Waals surface area (Å²) in [6, 6.07) is 26.2. The second-order valence-corrected chi connectivity index (χ2v) is 15.7. The fourth-order valence-electron chi connectivity index (χ4n) is 5.59. The maximum atomic E-state index is 11.7. The van der Waals surface area contributed by atoms with Crippen LogP contribution in [0.15, 0.2) is 94.7 Å². The average molecular weight is 771 g/mol. The molecule has 0 heterocycles. The standard InChI is InChI=1S/C20H28N2O4S.C19H26N2O4S/c1-4-17(13-16-10-9-15(2)20(14-16)27(21,23)24)22-11-12-26-19-8-6-5-7-18(19)25-3;1-14-8-9-16(13-19(14)26(20,22)23)12-15(2)21-10-11-25-18-7-5-4-6-17(18)24-3/h5-10,14,17,22H,4,11-13H2,1-3H3,(H2,21,23,24);4-9,13,15,21H,10-12H2,1-3H3,(H2,20,22,23). The van der Waals surface area contributed by atoms with E-state index in [1.165, 1.54) is 0 Å². The Morgan fingerprint density at radius 3 is 1.45 bits per heavy atom. The van der Waals surface area contributed by atoms with Crippen LogP contribution in [-0.2, 0) is 32.9 Å². The second kappa shape index (κ2) is 20.9. The molecule has 0 bridgehead atoms. The first-order valence-corrected chi connectivity index (χ1v) is 20.5. The van der Waals surface area contributed by atoms with Gasteiger partial charge in [-0.1, -0.05) is 55.5 Å². The van der Waals surface area contributed by atoms with Crippen LogP contribution in [0.1, 0.15) is 42.5 Å². The van der Waals surface area contributed by atoms with Crippen LogP contribution in [0.2, 0.25) is 0 Å². The lowest BCUT2D eigenvalue weighted by Gasteiger charge is -2.18. The van der Waals surface area contributed by atoms with E-state index in [1.54, 1.807) is 52.3 Å². The summed E-state index contributed by atoms with van der Waals surface area (Å²) in [5.41, 5.74) is 3.18. The fraction of sp³-hybridized carbons (Fsp3) is 0.385. The molecule has 12 nitrogen and oxygen atoms in total. The third-order valence-corrected chi connectivity index (χ3v) is 10.5. The minimum absolute atomic E-state index is 0.160. The molecule has 0 aliphatic heterocycles. The van der Waals surface area contributed by atoms with E-state index in [-0.39, 0.29) is 21.9 Å². The zero-order valence-electron chi connectivity index (χ0n) is 31.4. The first-order valence-electron chi connectivity index (χ1n) is 17.4. The van der Waals surface area contributed by atoms with Crippen molar-refractivity contribution in [2.75, 3.05) is 40.5 Å². The van der Waals surface area contributed by atoms with Gasteiger partial charge in [-0.05, 0) is 98.7 Å². The molecule has 0 saturated carbocycles. The number of methoxy groups -OCH3 is 2. The summed E-state index contributed by atoms with van der Waals surface area (Å²) in [7, 11) is -4.18. The van der Waals surface area contributed by atoms with Crippen LogP contribution in [-0.4, -0.2) is 69.4 Å². The van der Waals surface area contributed by atoms with Crippen LogP contribution in [0.5, 0.6) is 23.0 Å². The minimum atomic E-state index is -3.71. The molecule has 2 unspecified atom stereocenters. The van der Waals surface area contributed by atoms with E-state index in [9.17, 15) is 16.8 Å². The van der Waals surface area contributed by atoms with Crippen LogP contribution < -0.4 is 39.9 Å². The molecule has 0 amide bonds. The second-order valence-electron chi connectivity index (χ2n) is 12.6. The Morgan fingerprint density at radius 1 is 0.623 bits per heavy atom. The third kappa shape index (κ3) is 14.3. The van der Waals surface area contributed by atoms with Crippen LogP contribution in [0, 0.1) is 13.8 Å². The third-order valence-electron chi connectivity index (χ3n) is 8.42. The Morgan fingerprint density at radius 2 is 1.04 bits per heavy atom. The van der Waals surface area contributed by atoms with Crippen molar-refractivity contribution in [1.82, 2.24) is 10.6 Å². The van der Waals surface area contributed by atoms with Crippen molar-refractivity contribution in [3.8, 4) is 23.0 Å². The van der Waals surface area contributed by atoms with Gasteiger partial charge >= 0.3 is 0 Å². The maximum absolute atomic E-state index is 11.7. The van der Waals surface area contributed by atoms with Crippen molar-refractivity contribution < 1.29 is 35.8 Å². The van der Waals surface area contributed by atoms with Gasteiger partial charge in [-0.2, -0.15) is 0 Å². The van der Waals surface area contributed by atoms with Crippen molar-refractivity contribution in [3.05, 3.63) is 107 Å². The van der Waals surface area contributed by atoms with Crippen LogP contribution in [0.3, 0.4) is 0 Å². The highest BCUT2D eigenvalue weighted by Gasteiger charge is 2.15. The number of benzene rings is 4. The molecule has 4 aromatic carbocycles. The van der Waals surface area contributed by atoms with E-state index in [0.29, 0.717) is 73.3 Å². The molecule has 0 saturated heterocycles. The summed E-state index contributed by atoms with van der Waals surface area (Å²) in [6.07, 6.45) is 2.32. The average Bonchev–Trinajstić information content (AvgIpc) is 3.12. The van der Waals surface area contributed by atoms with Gasteiger partial charge in [0.05, 0.1) is 24.0 Å². The number of primary sulfonamides is 2. The molecule has 0 aliphatic rings. The highest BCUT2D eigenvalue weighted by Crippen LogP contribution is 2.26. The number of aryl methyl sites for hydroxylation is 2. The fourth-order valence-corrected chi connectivity index (χ4v) is 7.26. The lowest BCUT2D eigenvalue weighted by atomic mass is 10.0. The molecular formula is C39H54N4O8S2. The molecule has 0 fully saturated rings. The number of nitrogens with one attached hydrogen (secondary N) is 2. The van der Waals surface area contributed by atoms with Crippen molar-refractivity contribution in [2.24, 2.45) is 10.3 Å². The van der Waals surface area contributed by atoms with E-state index in [4.69, 9.17) is 29.2 Å². The topological polar surface area (TPSA) is 181 Å². The van der Waals surface area contributed by atoms with Crippen LogP contribution in [0.25, 0.3) is 0 Å². The molecule has 6 N–H and O–H groups in total. The highest BCUT2D eigenvalue weighted by molar-refractivity contribution is 7.89. The van der Waals surface area contributed by atoms with Crippen molar-refractivity contribution in [2.45, 2.75) is 68.8 Å². The Balaban J connectivity index is 0.000000286. The lowest BCUT2D eigenvalue weighted by molar-refractivity contribution is 0.285. The predicted octanol–water partition coefficient (Wildman–Crippen LogP) is 4.89. The molecule has 2 atom stereocenters. The molecule has 4 aromatic rings. The van der Waals surface area contributed by atoms with Gasteiger partial charge in [0.1, 0.15) is 13.2 Å². The molecule has 4 rings (SSSR count). The van der Waals surface area contributed by atoms with E-state index >= 15 is 0 Å². The monoisotopic (exact) mass is 770 g/mol. The molecular weight excluding hydrogens is 717 g/mol. The quantitative estimate of drug-likeness (QED) is 0.0959. The maximum Gasteiger partial charge on any atom is 0.238 e. The van der Waals surface area contributed by atoms with Gasteiger partial charge in [-0.3, -0.25) is 0 Å². The smallest absolute Gasteiger partial charge is 0.238 e. The summed E-state index contributed by atoms with van der Waals surface area (Å²) in [5, 5.41) is 17.4. The van der Waals surface area contributed by atoms with Gasteiger partial charge in [-0.15, -0.1) is 0 Å². The summed E-state index contributed by atoms with van der Waals surface area (Å²) < 4.78 is 68.6. The summed E-state index contributed by atoms with van der Waals surface area (Å²) in [5.74, 6) is 2.84. The first-order chi connectivity index (χ1) is 25.2. The van der Waals surface area contributed by atoms with E-state index in [1.807, 2.05) is 67.6 Å². The predicted molar refractivity (Wildman–Crippen MR) is 209 cm³/mol. The number of ether oxygens (including phenoxy) is 4. The summed E-state index contributed by atoms with van der Waals surface area (Å²) in [6.45, 7) is 9.95. The lowest BCUT2D eigenvalue weighted by Crippen LogP contribution is -2.34. The zero-order chi connectivity index (χ0) is 39.0. The summed E-state index contributed by atoms with van der Waals surface area (Å²) in [4.78, 5) is 0.371. The van der Waals surface area contributed by atoms with Gasteiger partial charge in [0.25, 0.3) is 0 Å². The minimum Gasteiger partial charge on any atom is -0.493 e. The first kappa shape index (κ1) is 43.2. The van der Waals surface area contributed by atoms with Crippen molar-refractivity contribution >= 4 is 20.0 Å². The van der Waals surface area contributed by atoms with Gasteiger partial charge in [0.15, 0.2) is 23.0 Å². The highest BCUT2D eigenvalue weighted by atomic mass is 32.2. The number of para-hydroxylation sites is 4. The van der Waals surface area contributed by atoms with E-state index in [2.05, 4.69) is 17.6 Å². The number of rotatable bonds is 19. The van der Waals surface area contributed by atoms with Crippen molar-refractivity contribution in [3.63, 3.8) is 0 Å². The molecule has 14 heteroatoms. The largest absolute Gasteiger partial charge is 0.493 e. The van der Waals surface area contributed by atoms with Crippen LogP contribution in [0.4, 0.5) is 0 Å².